The monoisotopic (exact) mass is 294 g/mol. The van der Waals surface area contributed by atoms with Gasteiger partial charge in [-0.05, 0) is 44.4 Å². The van der Waals surface area contributed by atoms with Gasteiger partial charge in [0.2, 0.25) is 10.0 Å². The van der Waals surface area contributed by atoms with Crippen LogP contribution in [0.1, 0.15) is 35.7 Å². The fourth-order valence-corrected chi connectivity index (χ4v) is 3.81. The molecule has 1 aromatic rings. The number of nitrogens with zero attached hydrogens (tertiary/aromatic N) is 1. The number of carbonyl (C=O) groups excluding carboxylic acids is 1. The van der Waals surface area contributed by atoms with Gasteiger partial charge in [-0.2, -0.15) is 0 Å². The molecule has 0 saturated heterocycles. The molecule has 0 radical (unpaired) electrons. The predicted octanol–water partition coefficient (Wildman–Crippen LogP) is 1.35. The molecule has 1 N–H and O–H groups in total. The van der Waals surface area contributed by atoms with Gasteiger partial charge in [-0.1, -0.05) is 12.1 Å². The van der Waals surface area contributed by atoms with E-state index in [0.29, 0.717) is 18.0 Å². The molecule has 0 spiro atoms. The Balaban J connectivity index is 2.03. The standard InChI is InChI=1S/C14H18N2O3S/c1-9(10-6-7-10)16-8-11-4-3-5-12(13(11)14(16)17)20(18,19)15-2/h3-5,9-10,15H,6-8H2,1-2H3/t9-/m0/s1. The summed E-state index contributed by atoms with van der Waals surface area (Å²) in [5.74, 6) is 0.409. The number of carbonyl (C=O) groups is 1. The summed E-state index contributed by atoms with van der Waals surface area (Å²) >= 11 is 0. The molecule has 1 amide bonds. The summed E-state index contributed by atoms with van der Waals surface area (Å²) in [5, 5.41) is 0. The minimum absolute atomic E-state index is 0.0907. The highest BCUT2D eigenvalue weighted by molar-refractivity contribution is 7.89. The Bertz CT molecular complexity index is 665. The van der Waals surface area contributed by atoms with Gasteiger partial charge in [0.1, 0.15) is 0 Å². The number of sulfonamides is 1. The molecular weight excluding hydrogens is 276 g/mol. The fourth-order valence-electron chi connectivity index (χ4n) is 2.85. The molecule has 1 aliphatic carbocycles. The lowest BCUT2D eigenvalue weighted by Crippen LogP contribution is -2.35. The summed E-state index contributed by atoms with van der Waals surface area (Å²) in [6.07, 6.45) is 2.31. The van der Waals surface area contributed by atoms with Crippen molar-refractivity contribution in [3.05, 3.63) is 29.3 Å². The predicted molar refractivity (Wildman–Crippen MR) is 74.7 cm³/mol. The van der Waals surface area contributed by atoms with Crippen molar-refractivity contribution in [1.29, 1.82) is 0 Å². The van der Waals surface area contributed by atoms with Gasteiger partial charge in [-0.25, -0.2) is 13.1 Å². The van der Waals surface area contributed by atoms with Gasteiger partial charge in [-0.3, -0.25) is 4.79 Å². The molecule has 0 aromatic heterocycles. The van der Waals surface area contributed by atoms with Crippen LogP contribution in [0.3, 0.4) is 0 Å². The zero-order chi connectivity index (χ0) is 14.5. The average Bonchev–Trinajstić information content (AvgIpc) is 3.23. The maximum Gasteiger partial charge on any atom is 0.256 e. The van der Waals surface area contributed by atoms with E-state index in [9.17, 15) is 13.2 Å². The molecule has 108 valence electrons. The van der Waals surface area contributed by atoms with Crippen LogP contribution in [0, 0.1) is 5.92 Å². The van der Waals surface area contributed by atoms with Gasteiger partial charge in [0.05, 0.1) is 10.5 Å². The van der Waals surface area contributed by atoms with E-state index in [4.69, 9.17) is 0 Å². The van der Waals surface area contributed by atoms with E-state index >= 15 is 0 Å². The Hall–Kier alpha value is -1.40. The molecule has 1 heterocycles. The van der Waals surface area contributed by atoms with Crippen LogP contribution >= 0.6 is 0 Å². The zero-order valence-electron chi connectivity index (χ0n) is 11.6. The summed E-state index contributed by atoms with van der Waals surface area (Å²) in [6, 6.07) is 5.21. The van der Waals surface area contributed by atoms with Crippen molar-refractivity contribution >= 4 is 15.9 Å². The van der Waals surface area contributed by atoms with Crippen molar-refractivity contribution < 1.29 is 13.2 Å². The first-order valence-corrected chi connectivity index (χ1v) is 8.30. The van der Waals surface area contributed by atoms with E-state index in [1.165, 1.54) is 13.1 Å². The van der Waals surface area contributed by atoms with E-state index in [1.807, 2.05) is 13.0 Å². The van der Waals surface area contributed by atoms with E-state index < -0.39 is 10.0 Å². The normalized spacial score (nSPS) is 20.1. The van der Waals surface area contributed by atoms with Crippen molar-refractivity contribution in [2.75, 3.05) is 7.05 Å². The summed E-state index contributed by atoms with van der Waals surface area (Å²) in [4.78, 5) is 14.5. The van der Waals surface area contributed by atoms with Crippen LogP contribution in [0.2, 0.25) is 0 Å². The molecule has 5 nitrogen and oxygen atoms in total. The molecule has 6 heteroatoms. The topological polar surface area (TPSA) is 66.5 Å². The molecule has 1 saturated carbocycles. The molecule has 0 bridgehead atoms. The fraction of sp³-hybridized carbons (Fsp3) is 0.500. The lowest BCUT2D eigenvalue weighted by molar-refractivity contribution is 0.0694. The first kappa shape index (κ1) is 13.6. The highest BCUT2D eigenvalue weighted by Crippen LogP contribution is 2.39. The first-order valence-electron chi connectivity index (χ1n) is 6.82. The van der Waals surface area contributed by atoms with Crippen LogP contribution in [0.4, 0.5) is 0 Å². The lowest BCUT2D eigenvalue weighted by Gasteiger charge is -2.24. The number of benzene rings is 1. The number of hydrogen-bond donors (Lipinski definition) is 1. The smallest absolute Gasteiger partial charge is 0.256 e. The van der Waals surface area contributed by atoms with Gasteiger partial charge in [-0.15, -0.1) is 0 Å². The average molecular weight is 294 g/mol. The summed E-state index contributed by atoms with van der Waals surface area (Å²) in [7, 11) is -2.25. The first-order chi connectivity index (χ1) is 9.45. The van der Waals surface area contributed by atoms with Gasteiger partial charge >= 0.3 is 0 Å². The maximum atomic E-state index is 12.6. The molecule has 3 rings (SSSR count). The molecule has 2 aliphatic rings. The Morgan fingerprint density at radius 3 is 2.65 bits per heavy atom. The van der Waals surface area contributed by atoms with E-state index in [1.54, 1.807) is 11.0 Å². The quantitative estimate of drug-likeness (QED) is 0.911. The Morgan fingerprint density at radius 2 is 2.05 bits per heavy atom. The van der Waals surface area contributed by atoms with Crippen LogP contribution in [0.5, 0.6) is 0 Å². The Labute approximate surface area is 119 Å². The van der Waals surface area contributed by atoms with Crippen molar-refractivity contribution in [2.24, 2.45) is 5.92 Å². The van der Waals surface area contributed by atoms with E-state index in [2.05, 4.69) is 4.72 Å². The van der Waals surface area contributed by atoms with E-state index in [-0.39, 0.29) is 16.8 Å². The summed E-state index contributed by atoms with van der Waals surface area (Å²) < 4.78 is 26.4. The highest BCUT2D eigenvalue weighted by Gasteiger charge is 2.40. The van der Waals surface area contributed by atoms with Crippen molar-refractivity contribution in [2.45, 2.75) is 37.2 Å². The minimum atomic E-state index is -3.61. The molecule has 1 aromatic carbocycles. The lowest BCUT2D eigenvalue weighted by atomic mass is 10.1. The maximum absolute atomic E-state index is 12.6. The number of fused-ring (bicyclic) bond motifs is 1. The van der Waals surface area contributed by atoms with Crippen LogP contribution < -0.4 is 4.72 Å². The van der Waals surface area contributed by atoms with Gasteiger partial charge in [0.15, 0.2) is 0 Å². The minimum Gasteiger partial charge on any atom is -0.331 e. The van der Waals surface area contributed by atoms with Crippen LogP contribution in [-0.4, -0.2) is 32.3 Å². The Morgan fingerprint density at radius 1 is 1.35 bits per heavy atom. The second-order valence-corrected chi connectivity index (χ2v) is 7.36. The molecule has 1 aliphatic heterocycles. The van der Waals surface area contributed by atoms with Crippen LogP contribution in [-0.2, 0) is 16.6 Å². The number of rotatable bonds is 4. The highest BCUT2D eigenvalue weighted by atomic mass is 32.2. The Kier molecular flexibility index (Phi) is 3.10. The SMILES string of the molecule is CNS(=O)(=O)c1cccc2c1C(=O)N([C@@H](C)C1CC1)C2. The van der Waals surface area contributed by atoms with Crippen molar-refractivity contribution in [3.63, 3.8) is 0 Å². The van der Waals surface area contributed by atoms with Crippen molar-refractivity contribution in [1.82, 2.24) is 9.62 Å². The molecule has 20 heavy (non-hydrogen) atoms. The molecule has 1 fully saturated rings. The molecular formula is C14H18N2O3S. The number of hydrogen-bond acceptors (Lipinski definition) is 3. The van der Waals surface area contributed by atoms with E-state index in [0.717, 1.165) is 18.4 Å². The molecule has 0 unspecified atom stereocenters. The molecule has 1 atom stereocenters. The second kappa shape index (κ2) is 4.56. The number of nitrogens with one attached hydrogen (secondary N) is 1. The van der Waals surface area contributed by atoms with Crippen molar-refractivity contribution in [3.8, 4) is 0 Å². The van der Waals surface area contributed by atoms with Gasteiger partial charge in [0.25, 0.3) is 5.91 Å². The largest absolute Gasteiger partial charge is 0.331 e. The van der Waals surface area contributed by atoms with Gasteiger partial charge < -0.3 is 4.90 Å². The summed E-state index contributed by atoms with van der Waals surface area (Å²) in [5.41, 5.74) is 1.15. The number of amides is 1. The third-order valence-corrected chi connectivity index (χ3v) is 5.74. The van der Waals surface area contributed by atoms with Crippen LogP contribution in [0.25, 0.3) is 0 Å². The zero-order valence-corrected chi connectivity index (χ0v) is 12.4. The van der Waals surface area contributed by atoms with Crippen LogP contribution in [0.15, 0.2) is 23.1 Å². The third-order valence-electron chi connectivity index (χ3n) is 4.28. The third kappa shape index (κ3) is 2.03. The second-order valence-electron chi connectivity index (χ2n) is 5.51. The van der Waals surface area contributed by atoms with Gasteiger partial charge in [0, 0.05) is 12.6 Å². The summed E-state index contributed by atoms with van der Waals surface area (Å²) in [6.45, 7) is 2.56.